The Kier molecular flexibility index (Phi) is 4.34. The molecule has 1 atom stereocenters. The summed E-state index contributed by atoms with van der Waals surface area (Å²) in [7, 11) is -1.13. The van der Waals surface area contributed by atoms with E-state index in [1.807, 2.05) is 37.3 Å². The number of hydrogen-bond donors (Lipinski definition) is 1. The predicted octanol–water partition coefficient (Wildman–Crippen LogP) is 4.18. The summed E-state index contributed by atoms with van der Waals surface area (Å²) in [4.78, 5) is 0. The van der Waals surface area contributed by atoms with Gasteiger partial charge in [0.15, 0.2) is 0 Å². The van der Waals surface area contributed by atoms with Crippen molar-refractivity contribution in [3.63, 3.8) is 0 Å². The molecule has 0 fully saturated rings. The molecule has 1 N–H and O–H groups in total. The maximum absolute atomic E-state index is 10.5. The molecule has 0 aliphatic carbocycles. The van der Waals surface area contributed by atoms with Gasteiger partial charge in [-0.2, -0.15) is 0 Å². The van der Waals surface area contributed by atoms with Crippen molar-refractivity contribution in [2.75, 3.05) is 0 Å². The molecule has 1 aromatic rings. The van der Waals surface area contributed by atoms with E-state index in [9.17, 15) is 5.11 Å². The fourth-order valence-corrected chi connectivity index (χ4v) is 3.82. The number of rotatable bonds is 5. The third kappa shape index (κ3) is 4.88. The summed E-state index contributed by atoms with van der Waals surface area (Å²) in [5.74, 6) is 0. The normalized spacial score (nSPS) is 15.4. The zero-order chi connectivity index (χ0) is 13.1. The first-order valence-corrected chi connectivity index (χ1v) is 9.86. The van der Waals surface area contributed by atoms with E-state index in [1.165, 1.54) is 0 Å². The highest BCUT2D eigenvalue weighted by atomic mass is 28.3. The number of benzene rings is 1. The summed E-state index contributed by atoms with van der Waals surface area (Å²) < 4.78 is 0. The minimum absolute atomic E-state index is 0.654. The summed E-state index contributed by atoms with van der Waals surface area (Å²) in [5.41, 5.74) is 1.34. The highest BCUT2D eigenvalue weighted by molar-refractivity contribution is 6.76. The van der Waals surface area contributed by atoms with Gasteiger partial charge in [0, 0.05) is 14.5 Å². The fraction of sp³-hybridized carbons (Fsp3) is 0.467. The molecule has 0 amide bonds. The van der Waals surface area contributed by atoms with Crippen LogP contribution in [0.3, 0.4) is 0 Å². The van der Waals surface area contributed by atoms with Gasteiger partial charge in [0.05, 0.1) is 5.60 Å². The van der Waals surface area contributed by atoms with E-state index in [1.54, 1.807) is 0 Å². The first kappa shape index (κ1) is 14.2. The number of hydrogen-bond acceptors (Lipinski definition) is 1. The van der Waals surface area contributed by atoms with E-state index in [4.69, 9.17) is 0 Å². The fourth-order valence-electron chi connectivity index (χ4n) is 2.20. The Hall–Kier alpha value is -0.863. The maximum atomic E-state index is 10.5. The average molecular weight is 248 g/mol. The molecular formula is C15H24OSi. The van der Waals surface area contributed by atoms with E-state index < -0.39 is 13.7 Å². The molecule has 17 heavy (non-hydrogen) atoms. The van der Waals surface area contributed by atoms with Gasteiger partial charge in [0.2, 0.25) is 0 Å². The van der Waals surface area contributed by atoms with E-state index >= 15 is 0 Å². The Labute approximate surface area is 106 Å². The molecule has 1 rings (SSSR count). The Morgan fingerprint density at radius 2 is 1.76 bits per heavy atom. The molecule has 2 heteroatoms. The molecule has 0 saturated heterocycles. The van der Waals surface area contributed by atoms with Gasteiger partial charge in [-0.1, -0.05) is 55.5 Å². The first-order valence-electron chi connectivity index (χ1n) is 6.15. The molecule has 0 aliphatic rings. The van der Waals surface area contributed by atoms with Crippen molar-refractivity contribution in [2.24, 2.45) is 0 Å². The lowest BCUT2D eigenvalue weighted by molar-refractivity contribution is 0.0577. The van der Waals surface area contributed by atoms with E-state index in [0.29, 0.717) is 6.42 Å². The summed E-state index contributed by atoms with van der Waals surface area (Å²) >= 11 is 0. The molecule has 0 aromatic heterocycles. The Bertz CT molecular complexity index is 374. The third-order valence-corrected chi connectivity index (χ3v) is 4.33. The van der Waals surface area contributed by atoms with Crippen LogP contribution < -0.4 is 0 Å². The van der Waals surface area contributed by atoms with E-state index in [2.05, 4.69) is 26.2 Å². The van der Waals surface area contributed by atoms with Crippen molar-refractivity contribution in [1.82, 2.24) is 0 Å². The average Bonchev–Trinajstić information content (AvgIpc) is 2.15. The lowest BCUT2D eigenvalue weighted by Gasteiger charge is -2.27. The van der Waals surface area contributed by atoms with Gasteiger partial charge >= 0.3 is 0 Å². The molecule has 1 unspecified atom stereocenters. The van der Waals surface area contributed by atoms with Crippen LogP contribution in [0, 0.1) is 0 Å². The van der Waals surface area contributed by atoms with Gasteiger partial charge in [-0.15, -0.1) is 6.58 Å². The molecule has 1 nitrogen and oxygen atoms in total. The summed E-state index contributed by atoms with van der Waals surface area (Å²) in [6, 6.07) is 10.9. The van der Waals surface area contributed by atoms with Crippen LogP contribution in [-0.4, -0.2) is 13.2 Å². The summed E-state index contributed by atoms with van der Waals surface area (Å²) in [5, 5.41) is 10.5. The van der Waals surface area contributed by atoms with Crippen LogP contribution in [0.4, 0.5) is 0 Å². The van der Waals surface area contributed by atoms with Gasteiger partial charge < -0.3 is 5.11 Å². The molecule has 0 spiro atoms. The molecular weight excluding hydrogens is 224 g/mol. The van der Waals surface area contributed by atoms with Gasteiger partial charge in [0.25, 0.3) is 0 Å². The molecule has 94 valence electrons. The zero-order valence-corrected chi connectivity index (χ0v) is 12.5. The standard InChI is InChI=1S/C15H24OSi/c1-13(12-17(3,4)5)11-15(2,16)14-9-7-6-8-10-14/h6-10,16H,1,11-12H2,2-5H3. The van der Waals surface area contributed by atoms with Crippen molar-refractivity contribution in [1.29, 1.82) is 0 Å². The van der Waals surface area contributed by atoms with Crippen LogP contribution in [0.1, 0.15) is 18.9 Å². The van der Waals surface area contributed by atoms with Crippen LogP contribution in [0.15, 0.2) is 42.5 Å². The highest BCUT2D eigenvalue weighted by Gasteiger charge is 2.25. The van der Waals surface area contributed by atoms with Crippen LogP contribution in [0.2, 0.25) is 25.7 Å². The SMILES string of the molecule is C=C(CC(C)(O)c1ccccc1)C[Si](C)(C)C. The molecule has 1 aromatic carbocycles. The molecule has 0 bridgehead atoms. The Morgan fingerprint density at radius 3 is 2.24 bits per heavy atom. The monoisotopic (exact) mass is 248 g/mol. The lowest BCUT2D eigenvalue weighted by atomic mass is 9.90. The second-order valence-electron chi connectivity index (χ2n) is 6.30. The van der Waals surface area contributed by atoms with Gasteiger partial charge in [0.1, 0.15) is 0 Å². The van der Waals surface area contributed by atoms with Crippen molar-refractivity contribution in [3.05, 3.63) is 48.0 Å². The van der Waals surface area contributed by atoms with Crippen LogP contribution >= 0.6 is 0 Å². The van der Waals surface area contributed by atoms with E-state index in [0.717, 1.165) is 17.2 Å². The van der Waals surface area contributed by atoms with Gasteiger partial charge in [-0.3, -0.25) is 0 Å². The summed E-state index contributed by atoms with van der Waals surface area (Å²) in [6.07, 6.45) is 0.654. The van der Waals surface area contributed by atoms with E-state index in [-0.39, 0.29) is 0 Å². The highest BCUT2D eigenvalue weighted by Crippen LogP contribution is 2.30. The quantitative estimate of drug-likeness (QED) is 0.612. The van der Waals surface area contributed by atoms with Gasteiger partial charge in [-0.25, -0.2) is 0 Å². The minimum atomic E-state index is -1.13. The molecule has 0 saturated carbocycles. The molecule has 0 heterocycles. The first-order chi connectivity index (χ1) is 7.71. The molecule has 0 radical (unpaired) electrons. The topological polar surface area (TPSA) is 20.2 Å². The van der Waals surface area contributed by atoms with Crippen LogP contribution in [0.25, 0.3) is 0 Å². The smallest absolute Gasteiger partial charge is 0.0905 e. The largest absolute Gasteiger partial charge is 0.385 e. The number of aliphatic hydroxyl groups is 1. The van der Waals surface area contributed by atoms with Crippen molar-refractivity contribution < 1.29 is 5.11 Å². The second-order valence-corrected chi connectivity index (χ2v) is 11.8. The lowest BCUT2D eigenvalue weighted by Crippen LogP contribution is -2.25. The van der Waals surface area contributed by atoms with Crippen molar-refractivity contribution >= 4 is 8.07 Å². The van der Waals surface area contributed by atoms with Crippen LogP contribution in [-0.2, 0) is 5.60 Å². The maximum Gasteiger partial charge on any atom is 0.0905 e. The van der Waals surface area contributed by atoms with Crippen LogP contribution in [0.5, 0.6) is 0 Å². The van der Waals surface area contributed by atoms with Gasteiger partial charge in [-0.05, 0) is 18.5 Å². The van der Waals surface area contributed by atoms with Crippen molar-refractivity contribution in [3.8, 4) is 0 Å². The third-order valence-electron chi connectivity index (χ3n) is 2.77. The Morgan fingerprint density at radius 1 is 1.24 bits per heavy atom. The second kappa shape index (κ2) is 5.19. The van der Waals surface area contributed by atoms with Crippen molar-refractivity contribution in [2.45, 2.75) is 44.6 Å². The molecule has 0 aliphatic heterocycles. The predicted molar refractivity (Wildman–Crippen MR) is 77.9 cm³/mol. The zero-order valence-electron chi connectivity index (χ0n) is 11.5. The summed E-state index contributed by atoms with van der Waals surface area (Å²) in [6.45, 7) is 13.0. The minimum Gasteiger partial charge on any atom is -0.385 e. The Balaban J connectivity index is 2.71.